The van der Waals surface area contributed by atoms with Crippen LogP contribution in [0.15, 0.2) is 73.1 Å². The van der Waals surface area contributed by atoms with Gasteiger partial charge in [-0.2, -0.15) is 0 Å². The molecule has 5 nitrogen and oxygen atoms in total. The average Bonchev–Trinajstić information content (AvgIpc) is 3.16. The Morgan fingerprint density at radius 2 is 1.93 bits per heavy atom. The lowest BCUT2D eigenvalue weighted by Gasteiger charge is -2.20. The molecule has 1 atom stereocenters. The molecule has 1 N–H and O–H groups in total. The molecule has 0 bridgehead atoms. The average molecular weight is 403 g/mol. The predicted molar refractivity (Wildman–Crippen MR) is 114 cm³/mol. The molecule has 0 aliphatic heterocycles. The number of nitrogens with one attached hydrogen (secondary N) is 1. The van der Waals surface area contributed by atoms with E-state index in [2.05, 4.69) is 10.3 Å². The fraction of sp³-hybridized carbons (Fsp3) is 0.167. The van der Waals surface area contributed by atoms with Crippen LogP contribution < -0.4 is 10.1 Å². The highest BCUT2D eigenvalue weighted by Gasteiger charge is 2.25. The number of methoxy groups -OCH3 is 1. The van der Waals surface area contributed by atoms with E-state index >= 15 is 0 Å². The fourth-order valence-corrected chi connectivity index (χ4v) is 3.64. The van der Waals surface area contributed by atoms with Crippen molar-refractivity contribution in [3.63, 3.8) is 0 Å². The normalized spacial score (nSPS) is 12.0. The molecular weight excluding hydrogens is 381 g/mol. The Bertz CT molecular complexity index is 1200. The van der Waals surface area contributed by atoms with Gasteiger partial charge < -0.3 is 14.5 Å². The summed E-state index contributed by atoms with van der Waals surface area (Å²) in [7, 11) is 1.60. The van der Waals surface area contributed by atoms with Crippen molar-refractivity contribution in [2.45, 2.75) is 19.3 Å². The molecule has 0 saturated heterocycles. The number of carbonyl (C=O) groups is 1. The van der Waals surface area contributed by atoms with Gasteiger partial charge in [-0.1, -0.05) is 30.3 Å². The minimum Gasteiger partial charge on any atom is -0.496 e. The number of fused-ring (bicyclic) bond motifs is 1. The van der Waals surface area contributed by atoms with Gasteiger partial charge in [0, 0.05) is 30.3 Å². The highest BCUT2D eigenvalue weighted by Crippen LogP contribution is 2.35. The monoisotopic (exact) mass is 403 g/mol. The van der Waals surface area contributed by atoms with Gasteiger partial charge in [0.05, 0.1) is 18.5 Å². The van der Waals surface area contributed by atoms with Gasteiger partial charge in [0.25, 0.3) is 0 Å². The second kappa shape index (κ2) is 8.37. The lowest BCUT2D eigenvalue weighted by molar-refractivity contribution is -0.116. The minimum atomic E-state index is -0.468. The van der Waals surface area contributed by atoms with Crippen LogP contribution in [0.25, 0.3) is 5.65 Å². The molecule has 2 heterocycles. The van der Waals surface area contributed by atoms with Crippen LogP contribution in [-0.4, -0.2) is 22.4 Å². The maximum atomic E-state index is 14.0. The van der Waals surface area contributed by atoms with Crippen molar-refractivity contribution in [2.24, 2.45) is 0 Å². The molecule has 4 aromatic rings. The van der Waals surface area contributed by atoms with Crippen molar-refractivity contribution < 1.29 is 13.9 Å². The third kappa shape index (κ3) is 3.89. The molecule has 0 saturated carbocycles. The van der Waals surface area contributed by atoms with Crippen molar-refractivity contribution in [1.29, 1.82) is 0 Å². The molecule has 0 aliphatic carbocycles. The summed E-state index contributed by atoms with van der Waals surface area (Å²) in [5, 5.41) is 2.68. The maximum absolute atomic E-state index is 14.0. The number of ether oxygens (including phenoxy) is 1. The largest absolute Gasteiger partial charge is 0.496 e. The lowest BCUT2D eigenvalue weighted by atomic mass is 9.91. The number of pyridine rings is 1. The Kier molecular flexibility index (Phi) is 5.48. The number of carbonyl (C=O) groups excluding carboxylic acids is 1. The van der Waals surface area contributed by atoms with Crippen LogP contribution in [0.3, 0.4) is 0 Å². The van der Waals surface area contributed by atoms with Gasteiger partial charge in [0.1, 0.15) is 17.2 Å². The van der Waals surface area contributed by atoms with Gasteiger partial charge in [-0.05, 0) is 42.8 Å². The Balaban J connectivity index is 1.74. The number of amides is 1. The lowest BCUT2D eigenvalue weighted by Crippen LogP contribution is -2.18. The van der Waals surface area contributed by atoms with E-state index in [1.807, 2.05) is 53.9 Å². The number of hydrogen-bond donors (Lipinski definition) is 1. The van der Waals surface area contributed by atoms with E-state index in [1.54, 1.807) is 31.5 Å². The van der Waals surface area contributed by atoms with Gasteiger partial charge in [-0.25, -0.2) is 9.37 Å². The zero-order valence-electron chi connectivity index (χ0n) is 16.8. The second-order valence-corrected chi connectivity index (χ2v) is 7.14. The number of aromatic nitrogens is 2. The molecule has 0 spiro atoms. The van der Waals surface area contributed by atoms with E-state index < -0.39 is 5.82 Å². The van der Waals surface area contributed by atoms with Crippen LogP contribution in [0, 0.1) is 12.7 Å². The Hall–Kier alpha value is -3.67. The Morgan fingerprint density at radius 3 is 2.73 bits per heavy atom. The van der Waals surface area contributed by atoms with E-state index in [9.17, 15) is 9.18 Å². The third-order valence-electron chi connectivity index (χ3n) is 5.11. The molecule has 2 aromatic carbocycles. The van der Waals surface area contributed by atoms with Crippen LogP contribution in [0.4, 0.5) is 10.1 Å². The van der Waals surface area contributed by atoms with Crippen molar-refractivity contribution in [1.82, 2.24) is 9.38 Å². The molecule has 152 valence electrons. The van der Waals surface area contributed by atoms with Crippen LogP contribution in [-0.2, 0) is 4.79 Å². The molecular formula is C24H22FN3O2. The predicted octanol–water partition coefficient (Wildman–Crippen LogP) is 4.95. The quantitative estimate of drug-likeness (QED) is 0.496. The van der Waals surface area contributed by atoms with Crippen LogP contribution >= 0.6 is 0 Å². The van der Waals surface area contributed by atoms with Crippen molar-refractivity contribution >= 4 is 17.2 Å². The van der Waals surface area contributed by atoms with Gasteiger partial charge >= 0.3 is 0 Å². The summed E-state index contributed by atoms with van der Waals surface area (Å²) in [5.41, 5.74) is 3.80. The molecule has 30 heavy (non-hydrogen) atoms. The van der Waals surface area contributed by atoms with Crippen LogP contribution in [0.5, 0.6) is 5.75 Å². The number of benzene rings is 2. The smallest absolute Gasteiger partial charge is 0.225 e. The molecule has 4 rings (SSSR count). The molecule has 6 heteroatoms. The summed E-state index contributed by atoms with van der Waals surface area (Å²) in [6.07, 6.45) is 3.84. The van der Waals surface area contributed by atoms with Crippen molar-refractivity contribution in [2.75, 3.05) is 12.4 Å². The molecule has 1 amide bonds. The number of hydrogen-bond acceptors (Lipinski definition) is 3. The summed E-state index contributed by atoms with van der Waals surface area (Å²) in [6, 6.07) is 17.7. The first kappa shape index (κ1) is 19.6. The first-order valence-corrected chi connectivity index (χ1v) is 9.67. The summed E-state index contributed by atoms with van der Waals surface area (Å²) in [4.78, 5) is 17.4. The van der Waals surface area contributed by atoms with E-state index in [-0.39, 0.29) is 23.9 Å². The summed E-state index contributed by atoms with van der Waals surface area (Å²) >= 11 is 0. The first-order valence-electron chi connectivity index (χ1n) is 9.67. The molecule has 0 radical (unpaired) electrons. The number of imidazole rings is 1. The van der Waals surface area contributed by atoms with Crippen molar-refractivity contribution in [3.05, 3.63) is 95.7 Å². The Labute approximate surface area is 174 Å². The van der Waals surface area contributed by atoms with E-state index in [0.717, 1.165) is 22.5 Å². The van der Waals surface area contributed by atoms with Gasteiger partial charge in [0.2, 0.25) is 5.91 Å². The zero-order chi connectivity index (χ0) is 21.1. The van der Waals surface area contributed by atoms with Gasteiger partial charge in [-0.3, -0.25) is 4.79 Å². The SMILES string of the molecule is COc1ccccc1[C@@H](CC(=O)Nc1ccccc1F)c1cnc2cc(C)ccn12. The first-order chi connectivity index (χ1) is 14.6. The highest BCUT2D eigenvalue weighted by atomic mass is 19.1. The van der Waals surface area contributed by atoms with Crippen LogP contribution in [0.2, 0.25) is 0 Å². The topological polar surface area (TPSA) is 55.6 Å². The second-order valence-electron chi connectivity index (χ2n) is 7.14. The van der Waals surface area contributed by atoms with Crippen LogP contribution in [0.1, 0.15) is 29.2 Å². The fourth-order valence-electron chi connectivity index (χ4n) is 3.64. The summed E-state index contributed by atoms with van der Waals surface area (Å²) < 4.78 is 21.5. The summed E-state index contributed by atoms with van der Waals surface area (Å²) in [5.74, 6) is -0.406. The molecule has 0 unspecified atom stereocenters. The molecule has 2 aromatic heterocycles. The van der Waals surface area contributed by atoms with Gasteiger partial charge in [-0.15, -0.1) is 0 Å². The number of rotatable bonds is 6. The molecule has 0 aliphatic rings. The highest BCUT2D eigenvalue weighted by molar-refractivity contribution is 5.91. The minimum absolute atomic E-state index is 0.108. The van der Waals surface area contributed by atoms with E-state index in [1.165, 1.54) is 6.07 Å². The standard InChI is InChI=1S/C24H22FN3O2/c1-16-11-12-28-21(15-26-23(28)13-16)18(17-7-3-6-10-22(17)30-2)14-24(29)27-20-9-5-4-8-19(20)25/h3-13,15,18H,14H2,1-2H3,(H,27,29)/t18-/m1/s1. The molecule has 0 fully saturated rings. The number of nitrogens with zero attached hydrogens (tertiary/aromatic N) is 2. The van der Waals surface area contributed by atoms with Crippen molar-refractivity contribution in [3.8, 4) is 5.75 Å². The number of halogens is 1. The number of aryl methyl sites for hydroxylation is 1. The van der Waals surface area contributed by atoms with E-state index in [0.29, 0.717) is 5.75 Å². The van der Waals surface area contributed by atoms with E-state index in [4.69, 9.17) is 4.74 Å². The summed E-state index contributed by atoms with van der Waals surface area (Å²) in [6.45, 7) is 2.01. The number of anilines is 1. The third-order valence-corrected chi connectivity index (χ3v) is 5.11. The Morgan fingerprint density at radius 1 is 1.17 bits per heavy atom. The maximum Gasteiger partial charge on any atom is 0.225 e. The number of para-hydroxylation sites is 2. The zero-order valence-corrected chi connectivity index (χ0v) is 16.8. The van der Waals surface area contributed by atoms with Gasteiger partial charge in [0.15, 0.2) is 0 Å².